The highest BCUT2D eigenvalue weighted by Crippen LogP contribution is 2.17. The van der Waals surface area contributed by atoms with Gasteiger partial charge in [0.1, 0.15) is 0 Å². The highest BCUT2D eigenvalue weighted by molar-refractivity contribution is 5.32. The fourth-order valence-corrected chi connectivity index (χ4v) is 4.14. The number of aromatic nitrogens is 6. The Morgan fingerprint density at radius 2 is 0.733 bits per heavy atom. The maximum atomic E-state index is 4.65. The average Bonchev–Trinajstić information content (AvgIpc) is 3.24. The number of nitrogens with zero attached hydrogens (tertiary/aromatic N) is 6. The fraction of sp³-hybridized carbons (Fsp3) is 0.375. The van der Waals surface area contributed by atoms with Gasteiger partial charge in [0.05, 0.1) is 36.7 Å². The van der Waals surface area contributed by atoms with E-state index in [1.54, 1.807) is 0 Å². The van der Waals surface area contributed by atoms with Gasteiger partial charge in [-0.15, -0.1) is 0 Å². The minimum Gasteiger partial charge on any atom is -0.265 e. The molecule has 3 aromatic heterocycles. The predicted octanol–water partition coefficient (Wildman–Crippen LogP) is 4.27. The molecule has 0 radical (unpaired) electrons. The molecule has 6 nitrogen and oxygen atoms in total. The zero-order chi connectivity index (χ0) is 21.4. The standard InChI is InChI=1S/C24H30N6/c1-16-7-19(4)28(25-16)13-22-10-23(14-29-20(5)8-17(2)26-29)12-24(11-22)15-30-21(6)9-18(3)27-30/h7-12H,13-15H2,1-6H3. The molecule has 0 spiro atoms. The van der Waals surface area contributed by atoms with Crippen molar-refractivity contribution in [3.8, 4) is 0 Å². The molecule has 0 saturated carbocycles. The summed E-state index contributed by atoms with van der Waals surface area (Å²) in [7, 11) is 0. The first-order chi connectivity index (χ1) is 14.3. The lowest BCUT2D eigenvalue weighted by Gasteiger charge is -2.13. The molecule has 0 bridgehead atoms. The van der Waals surface area contributed by atoms with Crippen LogP contribution in [0.2, 0.25) is 0 Å². The largest absolute Gasteiger partial charge is 0.265 e. The van der Waals surface area contributed by atoms with E-state index < -0.39 is 0 Å². The van der Waals surface area contributed by atoms with Gasteiger partial charge in [0.25, 0.3) is 0 Å². The summed E-state index contributed by atoms with van der Waals surface area (Å²) in [5, 5.41) is 13.9. The van der Waals surface area contributed by atoms with E-state index in [9.17, 15) is 0 Å². The molecule has 0 amide bonds. The first kappa shape index (κ1) is 20.1. The Balaban J connectivity index is 1.69. The van der Waals surface area contributed by atoms with E-state index in [4.69, 9.17) is 0 Å². The zero-order valence-corrected chi connectivity index (χ0v) is 18.8. The topological polar surface area (TPSA) is 53.5 Å². The number of hydrogen-bond donors (Lipinski definition) is 0. The summed E-state index contributed by atoms with van der Waals surface area (Å²) in [5.41, 5.74) is 10.4. The second-order valence-electron chi connectivity index (χ2n) is 8.41. The van der Waals surface area contributed by atoms with E-state index in [1.807, 2.05) is 20.8 Å². The Kier molecular flexibility index (Phi) is 5.33. The van der Waals surface area contributed by atoms with Crippen LogP contribution in [0.1, 0.15) is 50.9 Å². The molecule has 0 aliphatic heterocycles. The van der Waals surface area contributed by atoms with E-state index >= 15 is 0 Å². The highest BCUT2D eigenvalue weighted by Gasteiger charge is 2.10. The van der Waals surface area contributed by atoms with Crippen molar-refractivity contribution in [1.82, 2.24) is 29.3 Å². The molecule has 0 unspecified atom stereocenters. The van der Waals surface area contributed by atoms with Crippen LogP contribution in [0, 0.1) is 41.5 Å². The molecule has 0 aliphatic rings. The van der Waals surface area contributed by atoms with Crippen LogP contribution in [0.4, 0.5) is 0 Å². The van der Waals surface area contributed by atoms with Crippen molar-refractivity contribution < 1.29 is 0 Å². The van der Waals surface area contributed by atoms with Gasteiger partial charge in [-0.2, -0.15) is 15.3 Å². The van der Waals surface area contributed by atoms with Crippen molar-refractivity contribution >= 4 is 0 Å². The zero-order valence-electron chi connectivity index (χ0n) is 18.8. The summed E-state index contributed by atoms with van der Waals surface area (Å²) in [5.74, 6) is 0. The minimum atomic E-state index is 0.759. The minimum absolute atomic E-state index is 0.759. The van der Waals surface area contributed by atoms with Crippen LogP contribution >= 0.6 is 0 Å². The number of aryl methyl sites for hydroxylation is 6. The van der Waals surface area contributed by atoms with Gasteiger partial charge in [-0.1, -0.05) is 18.2 Å². The molecule has 4 rings (SSSR count). The molecule has 4 aromatic rings. The van der Waals surface area contributed by atoms with E-state index in [0.29, 0.717) is 0 Å². The third-order valence-electron chi connectivity index (χ3n) is 5.42. The number of rotatable bonds is 6. The first-order valence-electron chi connectivity index (χ1n) is 10.4. The van der Waals surface area contributed by atoms with Gasteiger partial charge in [0.15, 0.2) is 0 Å². The highest BCUT2D eigenvalue weighted by atomic mass is 15.3. The van der Waals surface area contributed by atoms with Crippen LogP contribution in [-0.4, -0.2) is 29.3 Å². The van der Waals surface area contributed by atoms with Crippen molar-refractivity contribution in [3.63, 3.8) is 0 Å². The average molecular weight is 403 g/mol. The first-order valence-corrected chi connectivity index (χ1v) is 10.4. The van der Waals surface area contributed by atoms with Crippen LogP contribution in [0.3, 0.4) is 0 Å². The second-order valence-corrected chi connectivity index (χ2v) is 8.41. The summed E-state index contributed by atoms with van der Waals surface area (Å²) < 4.78 is 6.22. The number of benzene rings is 1. The molecular formula is C24H30N6. The summed E-state index contributed by atoms with van der Waals surface area (Å²) in [6.07, 6.45) is 0. The van der Waals surface area contributed by atoms with Crippen molar-refractivity contribution in [2.75, 3.05) is 0 Å². The van der Waals surface area contributed by atoms with E-state index in [0.717, 1.165) is 36.7 Å². The lowest BCUT2D eigenvalue weighted by atomic mass is 10.0. The normalized spacial score (nSPS) is 11.4. The summed E-state index contributed by atoms with van der Waals surface area (Å²) in [6, 6.07) is 13.2. The fourth-order valence-electron chi connectivity index (χ4n) is 4.14. The van der Waals surface area contributed by atoms with E-state index in [1.165, 1.54) is 33.8 Å². The SMILES string of the molecule is Cc1cc(C)n(Cc2cc(Cn3nc(C)cc3C)cc(Cn3nc(C)cc3C)c2)n1. The van der Waals surface area contributed by atoms with Gasteiger partial charge in [-0.05, 0) is 76.4 Å². The monoisotopic (exact) mass is 402 g/mol. The van der Waals surface area contributed by atoms with Crippen molar-refractivity contribution in [2.24, 2.45) is 0 Å². The molecule has 0 atom stereocenters. The van der Waals surface area contributed by atoms with Gasteiger partial charge in [0, 0.05) is 17.1 Å². The maximum Gasteiger partial charge on any atom is 0.0662 e. The molecule has 30 heavy (non-hydrogen) atoms. The molecule has 0 N–H and O–H groups in total. The van der Waals surface area contributed by atoms with Crippen LogP contribution in [0.25, 0.3) is 0 Å². The van der Waals surface area contributed by atoms with E-state index in [2.05, 4.69) is 86.5 Å². The Morgan fingerprint density at radius 1 is 0.467 bits per heavy atom. The van der Waals surface area contributed by atoms with Gasteiger partial charge in [-0.3, -0.25) is 14.0 Å². The summed E-state index contributed by atoms with van der Waals surface area (Å²) >= 11 is 0. The van der Waals surface area contributed by atoms with Crippen molar-refractivity contribution in [2.45, 2.75) is 61.2 Å². The lowest BCUT2D eigenvalue weighted by Crippen LogP contribution is -2.10. The van der Waals surface area contributed by atoms with Crippen LogP contribution in [0.15, 0.2) is 36.4 Å². The van der Waals surface area contributed by atoms with Gasteiger partial charge in [-0.25, -0.2) is 0 Å². The van der Waals surface area contributed by atoms with Crippen LogP contribution in [0.5, 0.6) is 0 Å². The summed E-state index contributed by atoms with van der Waals surface area (Å²) in [6.45, 7) is 14.7. The third-order valence-corrected chi connectivity index (χ3v) is 5.42. The molecular weight excluding hydrogens is 372 g/mol. The Labute approximate surface area is 178 Å². The molecule has 156 valence electrons. The van der Waals surface area contributed by atoms with E-state index in [-0.39, 0.29) is 0 Å². The Bertz CT molecular complexity index is 1030. The quantitative estimate of drug-likeness (QED) is 0.484. The predicted molar refractivity (Wildman–Crippen MR) is 119 cm³/mol. The van der Waals surface area contributed by atoms with Gasteiger partial charge < -0.3 is 0 Å². The van der Waals surface area contributed by atoms with Crippen LogP contribution in [-0.2, 0) is 19.6 Å². The molecule has 0 saturated heterocycles. The maximum absolute atomic E-state index is 4.65. The Morgan fingerprint density at radius 3 is 0.933 bits per heavy atom. The smallest absolute Gasteiger partial charge is 0.0662 e. The molecule has 0 aliphatic carbocycles. The summed E-state index contributed by atoms with van der Waals surface area (Å²) in [4.78, 5) is 0. The van der Waals surface area contributed by atoms with Crippen molar-refractivity contribution in [3.05, 3.63) is 87.3 Å². The molecule has 0 fully saturated rings. The van der Waals surface area contributed by atoms with Gasteiger partial charge >= 0.3 is 0 Å². The van der Waals surface area contributed by atoms with Gasteiger partial charge in [0.2, 0.25) is 0 Å². The number of hydrogen-bond acceptors (Lipinski definition) is 3. The lowest BCUT2D eigenvalue weighted by molar-refractivity contribution is 0.636. The molecule has 1 aromatic carbocycles. The Hall–Kier alpha value is -3.15. The van der Waals surface area contributed by atoms with Crippen molar-refractivity contribution in [1.29, 1.82) is 0 Å². The van der Waals surface area contributed by atoms with Crippen LogP contribution < -0.4 is 0 Å². The molecule has 6 heteroatoms. The molecule has 3 heterocycles. The second kappa shape index (κ2) is 7.94. The third kappa shape index (κ3) is 4.37.